The third-order valence-corrected chi connectivity index (χ3v) is 8.00. The molecule has 4 aromatic rings. The predicted octanol–water partition coefficient (Wildman–Crippen LogP) is 7.37. The fourth-order valence-corrected chi connectivity index (χ4v) is 5.61. The molecule has 1 saturated carbocycles. The Morgan fingerprint density at radius 2 is 1.39 bits per heavy atom. The molecule has 0 bridgehead atoms. The van der Waals surface area contributed by atoms with Gasteiger partial charge in [-0.05, 0) is 68.0 Å². The minimum Gasteiger partial charge on any atom is -0.362 e. The largest absolute Gasteiger partial charge is 0.416 e. The summed E-state index contributed by atoms with van der Waals surface area (Å²) in [5.41, 5.74) is -3.65. The van der Waals surface area contributed by atoms with Gasteiger partial charge >= 0.3 is 12.4 Å². The molecule has 0 spiro atoms. The van der Waals surface area contributed by atoms with Crippen LogP contribution in [0.1, 0.15) is 63.1 Å². The molecule has 1 heterocycles. The number of hydrogen-bond acceptors (Lipinski definition) is 6. The number of anilines is 2. The number of rotatable bonds is 8. The van der Waals surface area contributed by atoms with Crippen LogP contribution < -0.4 is 15.5 Å². The Morgan fingerprint density at radius 1 is 0.804 bits per heavy atom. The summed E-state index contributed by atoms with van der Waals surface area (Å²) in [4.78, 5) is 37.6. The topological polar surface area (TPSA) is 87.2 Å². The number of aromatic nitrogens is 2. The van der Waals surface area contributed by atoms with E-state index in [0.717, 1.165) is 42.4 Å². The summed E-state index contributed by atoms with van der Waals surface area (Å²) in [7, 11) is 3.84. The van der Waals surface area contributed by atoms with Gasteiger partial charge in [-0.3, -0.25) is 9.59 Å². The highest BCUT2D eigenvalue weighted by Gasteiger charge is 2.38. The second-order valence-corrected chi connectivity index (χ2v) is 11.5. The number of nitrogens with one attached hydrogen (secondary N) is 2. The van der Waals surface area contributed by atoms with E-state index in [0.29, 0.717) is 18.1 Å². The molecule has 3 aromatic carbocycles. The van der Waals surface area contributed by atoms with Crippen molar-refractivity contribution in [2.45, 2.75) is 44.1 Å². The van der Waals surface area contributed by atoms with Crippen LogP contribution in [-0.2, 0) is 12.4 Å². The van der Waals surface area contributed by atoms with Gasteiger partial charge in [0.1, 0.15) is 5.82 Å². The number of hydrogen-bond donors (Lipinski definition) is 2. The number of amides is 1. The van der Waals surface area contributed by atoms with Gasteiger partial charge in [0.25, 0.3) is 5.91 Å². The van der Waals surface area contributed by atoms with Gasteiger partial charge in [-0.2, -0.15) is 31.3 Å². The summed E-state index contributed by atoms with van der Waals surface area (Å²) in [5, 5.41) is 7.16. The minimum absolute atomic E-state index is 0.0461. The number of fused-ring (bicyclic) bond motifs is 1. The summed E-state index contributed by atoms with van der Waals surface area (Å²) in [6.07, 6.45) is -7.09. The average molecular weight is 644 g/mol. The van der Waals surface area contributed by atoms with Crippen LogP contribution in [0.5, 0.6) is 0 Å². The molecule has 1 aliphatic carbocycles. The fraction of sp³-hybridized carbons (Fsp3) is 0.333. The third kappa shape index (κ3) is 7.40. The SMILES string of the molecule is CN(C)c1nc(NC2CCC(CNC(=O)c3ccccc3C(=O)c3cc(C(F)(F)F)cc(C(F)(F)F)c3)CC2)nc2ccccc12. The first-order valence-corrected chi connectivity index (χ1v) is 14.6. The summed E-state index contributed by atoms with van der Waals surface area (Å²) in [6.45, 7) is 0.285. The van der Waals surface area contributed by atoms with E-state index in [-0.39, 0.29) is 35.7 Å². The zero-order valence-electron chi connectivity index (χ0n) is 25.0. The van der Waals surface area contributed by atoms with Crippen molar-refractivity contribution >= 4 is 34.4 Å². The van der Waals surface area contributed by atoms with Crippen molar-refractivity contribution in [1.29, 1.82) is 0 Å². The lowest BCUT2D eigenvalue weighted by atomic mass is 9.86. The molecule has 46 heavy (non-hydrogen) atoms. The molecule has 7 nitrogen and oxygen atoms in total. The Balaban J connectivity index is 1.23. The highest BCUT2D eigenvalue weighted by molar-refractivity contribution is 6.15. The summed E-state index contributed by atoms with van der Waals surface area (Å²) >= 11 is 0. The van der Waals surface area contributed by atoms with Crippen LogP contribution in [0, 0.1) is 5.92 Å². The van der Waals surface area contributed by atoms with Gasteiger partial charge in [0.15, 0.2) is 5.78 Å². The maximum Gasteiger partial charge on any atom is 0.416 e. The van der Waals surface area contributed by atoms with E-state index in [1.54, 1.807) is 0 Å². The van der Waals surface area contributed by atoms with Crippen LogP contribution in [0.4, 0.5) is 38.1 Å². The van der Waals surface area contributed by atoms with E-state index in [9.17, 15) is 35.9 Å². The number of ketones is 1. The molecule has 2 N–H and O–H groups in total. The van der Waals surface area contributed by atoms with E-state index >= 15 is 0 Å². The van der Waals surface area contributed by atoms with Gasteiger partial charge < -0.3 is 15.5 Å². The van der Waals surface area contributed by atoms with Gasteiger partial charge in [-0.25, -0.2) is 4.98 Å². The highest BCUT2D eigenvalue weighted by atomic mass is 19.4. The number of alkyl halides is 6. The molecule has 0 unspecified atom stereocenters. The van der Waals surface area contributed by atoms with E-state index in [2.05, 4.69) is 15.6 Å². The lowest BCUT2D eigenvalue weighted by molar-refractivity contribution is -0.143. The monoisotopic (exact) mass is 643 g/mol. The van der Waals surface area contributed by atoms with Crippen molar-refractivity contribution in [2.24, 2.45) is 5.92 Å². The lowest BCUT2D eigenvalue weighted by Gasteiger charge is -2.29. The van der Waals surface area contributed by atoms with Crippen LogP contribution in [-0.4, -0.2) is 48.3 Å². The zero-order valence-corrected chi connectivity index (χ0v) is 25.0. The highest BCUT2D eigenvalue weighted by Crippen LogP contribution is 2.37. The van der Waals surface area contributed by atoms with Crippen molar-refractivity contribution in [3.05, 3.63) is 94.5 Å². The number of nitrogens with zero attached hydrogens (tertiary/aromatic N) is 3. The molecule has 0 saturated heterocycles. The molecule has 1 aliphatic rings. The number of benzene rings is 3. The molecular formula is C33H31F6N5O2. The Labute approximate surface area is 261 Å². The molecule has 0 radical (unpaired) electrons. The van der Waals surface area contributed by atoms with Gasteiger partial charge in [0.05, 0.1) is 22.2 Å². The second-order valence-electron chi connectivity index (χ2n) is 11.5. The summed E-state index contributed by atoms with van der Waals surface area (Å²) in [5.74, 6) is -0.312. The Bertz CT molecular complexity index is 1710. The van der Waals surface area contributed by atoms with Crippen molar-refractivity contribution in [3.8, 4) is 0 Å². The second kappa shape index (κ2) is 13.0. The molecule has 1 amide bonds. The van der Waals surface area contributed by atoms with Crippen molar-refractivity contribution in [1.82, 2.24) is 15.3 Å². The van der Waals surface area contributed by atoms with Crippen LogP contribution in [0.2, 0.25) is 0 Å². The first-order chi connectivity index (χ1) is 21.7. The average Bonchev–Trinajstić information content (AvgIpc) is 3.02. The molecule has 0 aliphatic heterocycles. The molecule has 1 aromatic heterocycles. The number of halogens is 6. The van der Waals surface area contributed by atoms with Gasteiger partial charge in [-0.15, -0.1) is 0 Å². The number of carbonyl (C=O) groups is 2. The van der Waals surface area contributed by atoms with Crippen molar-refractivity contribution in [2.75, 3.05) is 30.9 Å². The quantitative estimate of drug-likeness (QED) is 0.154. The zero-order chi connectivity index (χ0) is 33.2. The molecular weight excluding hydrogens is 612 g/mol. The molecule has 242 valence electrons. The summed E-state index contributed by atoms with van der Waals surface area (Å²) < 4.78 is 80.2. The Hall–Kier alpha value is -4.68. The first-order valence-electron chi connectivity index (χ1n) is 14.6. The molecule has 5 rings (SSSR count). The summed E-state index contributed by atoms with van der Waals surface area (Å²) in [6, 6.07) is 13.9. The Morgan fingerprint density at radius 3 is 2.00 bits per heavy atom. The lowest BCUT2D eigenvalue weighted by Crippen LogP contribution is -2.34. The van der Waals surface area contributed by atoms with Crippen LogP contribution in [0.3, 0.4) is 0 Å². The van der Waals surface area contributed by atoms with E-state index in [4.69, 9.17) is 4.98 Å². The van der Waals surface area contributed by atoms with E-state index in [1.165, 1.54) is 24.3 Å². The van der Waals surface area contributed by atoms with E-state index in [1.807, 2.05) is 43.3 Å². The van der Waals surface area contributed by atoms with E-state index < -0.39 is 40.7 Å². The minimum atomic E-state index is -5.11. The van der Waals surface area contributed by atoms with Gasteiger partial charge in [0.2, 0.25) is 5.95 Å². The van der Waals surface area contributed by atoms with Crippen molar-refractivity contribution in [3.63, 3.8) is 0 Å². The smallest absolute Gasteiger partial charge is 0.362 e. The predicted molar refractivity (Wildman–Crippen MR) is 162 cm³/mol. The van der Waals surface area contributed by atoms with Crippen LogP contribution in [0.25, 0.3) is 10.9 Å². The van der Waals surface area contributed by atoms with Crippen LogP contribution >= 0.6 is 0 Å². The molecule has 0 atom stereocenters. The third-order valence-electron chi connectivity index (χ3n) is 8.00. The maximum absolute atomic E-state index is 13.4. The van der Waals surface area contributed by atoms with Gasteiger partial charge in [0, 0.05) is 43.2 Å². The van der Waals surface area contributed by atoms with Gasteiger partial charge in [-0.1, -0.05) is 30.3 Å². The Kier molecular flexibility index (Phi) is 9.22. The van der Waals surface area contributed by atoms with Crippen LogP contribution in [0.15, 0.2) is 66.7 Å². The number of carbonyl (C=O) groups excluding carboxylic acids is 2. The normalized spacial score (nSPS) is 17.0. The molecule has 1 fully saturated rings. The standard InChI is InChI=1S/C33H31F6N5O2/c1-44(2)29-26-9-5-6-10-27(26)42-31(43-29)41-23-13-11-19(12-14-23)18-40-30(46)25-8-4-3-7-24(25)28(45)20-15-21(32(34,35)36)17-22(16-20)33(37,38)39/h3-10,15-17,19,23H,11-14,18H2,1-2H3,(H,40,46)(H,41,42,43). The number of para-hydroxylation sites is 1. The fourth-order valence-electron chi connectivity index (χ4n) is 5.61. The maximum atomic E-state index is 13.4. The molecule has 13 heteroatoms. The first kappa shape index (κ1) is 32.7. The van der Waals surface area contributed by atoms with Crippen molar-refractivity contribution < 1.29 is 35.9 Å².